The molecule has 0 saturated carbocycles. The summed E-state index contributed by atoms with van der Waals surface area (Å²) in [5.74, 6) is -2.83. The molecule has 0 fully saturated rings. The maximum Gasteiger partial charge on any atom is 0.202 e. The summed E-state index contributed by atoms with van der Waals surface area (Å²) in [6, 6.07) is 0. The fourth-order valence-electron chi connectivity index (χ4n) is 1.49. The summed E-state index contributed by atoms with van der Waals surface area (Å²) in [6.45, 7) is 4.29. The summed E-state index contributed by atoms with van der Waals surface area (Å²) >= 11 is 0. The third kappa shape index (κ3) is 2.16. The second kappa shape index (κ2) is 5.17. The molecule has 5 heteroatoms. The Hall–Kier alpha value is -0.801. The van der Waals surface area contributed by atoms with Gasteiger partial charge in [-0.3, -0.25) is 19.2 Å². The molecule has 14 heavy (non-hydrogen) atoms. The van der Waals surface area contributed by atoms with Crippen LogP contribution in [0, 0.1) is 5.41 Å². The van der Waals surface area contributed by atoms with E-state index in [2.05, 4.69) is 0 Å². The van der Waals surface area contributed by atoms with Gasteiger partial charge in [-0.15, -0.1) is 0 Å². The van der Waals surface area contributed by atoms with Crippen molar-refractivity contribution >= 4 is 23.1 Å². The van der Waals surface area contributed by atoms with E-state index in [4.69, 9.17) is 0 Å². The first-order valence-electron chi connectivity index (χ1n) is 3.82. The number of carbonyl (C=O) groups is 4. The molecule has 0 saturated heterocycles. The largest absolute Gasteiger partial charge is 0.298 e. The van der Waals surface area contributed by atoms with E-state index in [1.54, 1.807) is 0 Å². The molecule has 0 aliphatic heterocycles. The zero-order chi connectivity index (χ0) is 10.8. The van der Waals surface area contributed by atoms with Crippen LogP contribution in [0.5, 0.6) is 0 Å². The molecule has 0 aromatic heterocycles. The van der Waals surface area contributed by atoms with E-state index >= 15 is 0 Å². The molecule has 0 amide bonds. The standard InChI is InChI=1S/C9H12O4.Fe/c1-5(10)9(6(2)11,7(3)12)8(4)13;/h1-4H3;. The van der Waals surface area contributed by atoms with Gasteiger partial charge in [0.25, 0.3) is 0 Å². The monoisotopic (exact) mass is 240 g/mol. The topological polar surface area (TPSA) is 68.3 Å². The maximum atomic E-state index is 11.1. The van der Waals surface area contributed by atoms with Crippen molar-refractivity contribution in [1.29, 1.82) is 0 Å². The van der Waals surface area contributed by atoms with E-state index in [1.807, 2.05) is 0 Å². The molecule has 0 bridgehead atoms. The summed E-state index contributed by atoms with van der Waals surface area (Å²) in [5, 5.41) is 0. The molecule has 0 atom stereocenters. The molecule has 0 aromatic carbocycles. The van der Waals surface area contributed by atoms with Crippen LogP contribution in [-0.2, 0) is 36.2 Å². The van der Waals surface area contributed by atoms with E-state index in [1.165, 1.54) is 0 Å². The molecule has 0 aromatic rings. The van der Waals surface area contributed by atoms with Crippen LogP contribution in [0.25, 0.3) is 0 Å². The Balaban J connectivity index is 0. The fraction of sp³-hybridized carbons (Fsp3) is 0.556. The Labute approximate surface area is 92.9 Å². The summed E-state index contributed by atoms with van der Waals surface area (Å²) in [4.78, 5) is 44.5. The minimum Gasteiger partial charge on any atom is -0.298 e. The van der Waals surface area contributed by atoms with Gasteiger partial charge >= 0.3 is 0 Å². The Morgan fingerprint density at radius 2 is 0.786 bits per heavy atom. The van der Waals surface area contributed by atoms with Crippen LogP contribution in [0.4, 0.5) is 0 Å². The molecule has 0 heterocycles. The molecule has 80 valence electrons. The number of Topliss-reactive ketones (excluding diaryl/α,β-unsaturated/α-hetero) is 4. The third-order valence-electron chi connectivity index (χ3n) is 2.11. The summed E-state index contributed by atoms with van der Waals surface area (Å²) in [7, 11) is 0. The van der Waals surface area contributed by atoms with Crippen molar-refractivity contribution in [2.24, 2.45) is 5.41 Å². The summed E-state index contributed by atoms with van der Waals surface area (Å²) < 4.78 is 0. The van der Waals surface area contributed by atoms with Gasteiger partial charge in [0.05, 0.1) is 0 Å². The van der Waals surface area contributed by atoms with Gasteiger partial charge in [-0.05, 0) is 27.7 Å². The molecular weight excluding hydrogens is 228 g/mol. The molecule has 0 rings (SSSR count). The van der Waals surface area contributed by atoms with Crippen LogP contribution in [0.2, 0.25) is 0 Å². The van der Waals surface area contributed by atoms with Gasteiger partial charge in [-0.1, -0.05) is 0 Å². The van der Waals surface area contributed by atoms with Crippen molar-refractivity contribution in [3.05, 3.63) is 0 Å². The first-order chi connectivity index (χ1) is 5.77. The van der Waals surface area contributed by atoms with Gasteiger partial charge < -0.3 is 0 Å². The zero-order valence-electron chi connectivity index (χ0n) is 8.49. The van der Waals surface area contributed by atoms with Crippen molar-refractivity contribution in [1.82, 2.24) is 0 Å². The Bertz CT molecular complexity index is 232. The summed E-state index contributed by atoms with van der Waals surface area (Å²) in [6.07, 6.45) is 0. The van der Waals surface area contributed by atoms with Crippen LogP contribution < -0.4 is 0 Å². The number of hydrogen-bond donors (Lipinski definition) is 0. The van der Waals surface area contributed by atoms with Gasteiger partial charge in [0, 0.05) is 17.1 Å². The Morgan fingerprint density at radius 3 is 0.786 bits per heavy atom. The molecule has 0 spiro atoms. The SMILES string of the molecule is CC(=O)C(C(C)=O)(C(C)=O)C(C)=O.[Fe]. The number of ketones is 4. The van der Waals surface area contributed by atoms with Crippen molar-refractivity contribution in [3.63, 3.8) is 0 Å². The van der Waals surface area contributed by atoms with E-state index in [0.717, 1.165) is 27.7 Å². The fourth-order valence-corrected chi connectivity index (χ4v) is 1.49. The van der Waals surface area contributed by atoms with Gasteiger partial charge in [0.1, 0.15) is 0 Å². The predicted octanol–water partition coefficient (Wildman–Crippen LogP) is 0.326. The smallest absolute Gasteiger partial charge is 0.202 e. The molecule has 0 unspecified atom stereocenters. The average Bonchev–Trinajstić information content (AvgIpc) is 1.82. The minimum atomic E-state index is -2.06. The van der Waals surface area contributed by atoms with Crippen molar-refractivity contribution in [3.8, 4) is 0 Å². The van der Waals surface area contributed by atoms with Gasteiger partial charge in [0.2, 0.25) is 5.41 Å². The van der Waals surface area contributed by atoms with Crippen molar-refractivity contribution in [2.45, 2.75) is 27.7 Å². The van der Waals surface area contributed by atoms with Crippen LogP contribution >= 0.6 is 0 Å². The van der Waals surface area contributed by atoms with Crippen LogP contribution in [-0.4, -0.2) is 23.1 Å². The molecule has 4 nitrogen and oxygen atoms in total. The normalized spacial score (nSPS) is 10.0. The van der Waals surface area contributed by atoms with Crippen LogP contribution in [0.3, 0.4) is 0 Å². The third-order valence-corrected chi connectivity index (χ3v) is 2.11. The Kier molecular flexibility index (Phi) is 5.79. The average molecular weight is 240 g/mol. The first-order valence-corrected chi connectivity index (χ1v) is 3.82. The maximum absolute atomic E-state index is 11.1. The van der Waals surface area contributed by atoms with Gasteiger partial charge in [-0.25, -0.2) is 0 Å². The quantitative estimate of drug-likeness (QED) is 0.524. The van der Waals surface area contributed by atoms with E-state index in [-0.39, 0.29) is 17.1 Å². The molecule has 0 N–H and O–H groups in total. The molecule has 0 aliphatic rings. The molecular formula is C9H12FeO4. The van der Waals surface area contributed by atoms with Crippen LogP contribution in [0.1, 0.15) is 27.7 Å². The van der Waals surface area contributed by atoms with E-state index < -0.39 is 28.5 Å². The first kappa shape index (κ1) is 15.7. The molecule has 0 radical (unpaired) electrons. The second-order valence-electron chi connectivity index (χ2n) is 2.97. The van der Waals surface area contributed by atoms with Crippen molar-refractivity contribution < 1.29 is 36.2 Å². The zero-order valence-corrected chi connectivity index (χ0v) is 9.59. The van der Waals surface area contributed by atoms with Crippen molar-refractivity contribution in [2.75, 3.05) is 0 Å². The number of hydrogen-bond acceptors (Lipinski definition) is 4. The minimum absolute atomic E-state index is 0. The number of carbonyl (C=O) groups excluding carboxylic acids is 4. The molecule has 0 aliphatic carbocycles. The van der Waals surface area contributed by atoms with Gasteiger partial charge in [0.15, 0.2) is 23.1 Å². The number of rotatable bonds is 4. The predicted molar refractivity (Wildman–Crippen MR) is 45.2 cm³/mol. The Morgan fingerprint density at radius 1 is 0.643 bits per heavy atom. The van der Waals surface area contributed by atoms with Crippen LogP contribution in [0.15, 0.2) is 0 Å². The van der Waals surface area contributed by atoms with Gasteiger partial charge in [-0.2, -0.15) is 0 Å². The second-order valence-corrected chi connectivity index (χ2v) is 2.97. The van der Waals surface area contributed by atoms with E-state index in [9.17, 15) is 19.2 Å². The van der Waals surface area contributed by atoms with E-state index in [0.29, 0.717) is 0 Å². The summed E-state index contributed by atoms with van der Waals surface area (Å²) in [5.41, 5.74) is -2.06.